The van der Waals surface area contributed by atoms with E-state index in [1.165, 1.54) is 0 Å². The molecule has 0 aliphatic rings. The molecule has 0 spiro atoms. The van der Waals surface area contributed by atoms with Crippen molar-refractivity contribution >= 4 is 17.3 Å². The summed E-state index contributed by atoms with van der Waals surface area (Å²) in [5.41, 5.74) is 0.960. The van der Waals surface area contributed by atoms with E-state index in [0.29, 0.717) is 5.05 Å². The van der Waals surface area contributed by atoms with Gasteiger partial charge in [-0.2, -0.15) is 0 Å². The SMILES string of the molecule is C=C(C(CC)OC(C)=S)N(C)C. The Labute approximate surface area is 80.2 Å². The van der Waals surface area contributed by atoms with Gasteiger partial charge in [-0.1, -0.05) is 13.5 Å². The molecule has 0 aromatic rings. The molecule has 3 heteroatoms. The first-order valence-corrected chi connectivity index (χ1v) is 4.43. The first-order chi connectivity index (χ1) is 5.49. The fourth-order valence-electron chi connectivity index (χ4n) is 0.875. The van der Waals surface area contributed by atoms with Crippen LogP contribution in [0.2, 0.25) is 0 Å². The van der Waals surface area contributed by atoms with Crippen LogP contribution in [0.4, 0.5) is 0 Å². The van der Waals surface area contributed by atoms with E-state index in [0.717, 1.165) is 12.1 Å². The van der Waals surface area contributed by atoms with E-state index in [-0.39, 0.29) is 6.10 Å². The summed E-state index contributed by atoms with van der Waals surface area (Å²) in [5, 5.41) is 0.574. The van der Waals surface area contributed by atoms with Crippen molar-refractivity contribution in [3.8, 4) is 0 Å². The Balaban J connectivity index is 4.15. The Bertz CT molecular complexity index is 177. The zero-order valence-corrected chi connectivity index (χ0v) is 9.07. The van der Waals surface area contributed by atoms with Crippen LogP contribution < -0.4 is 0 Å². The predicted molar refractivity (Wildman–Crippen MR) is 56.3 cm³/mol. The van der Waals surface area contributed by atoms with E-state index in [9.17, 15) is 0 Å². The molecular weight excluding hydrogens is 170 g/mol. The molecule has 12 heavy (non-hydrogen) atoms. The third-order valence-corrected chi connectivity index (χ3v) is 1.72. The summed E-state index contributed by atoms with van der Waals surface area (Å²) in [6.07, 6.45) is 0.919. The molecule has 1 unspecified atom stereocenters. The van der Waals surface area contributed by atoms with E-state index in [1.807, 2.05) is 19.0 Å². The second-order valence-corrected chi connectivity index (χ2v) is 3.47. The number of rotatable bonds is 4. The Kier molecular flexibility index (Phi) is 4.90. The van der Waals surface area contributed by atoms with E-state index in [2.05, 4.69) is 13.5 Å². The number of hydrogen-bond acceptors (Lipinski definition) is 3. The van der Waals surface area contributed by atoms with E-state index >= 15 is 0 Å². The lowest BCUT2D eigenvalue weighted by molar-refractivity contribution is 0.193. The highest BCUT2D eigenvalue weighted by atomic mass is 32.1. The van der Waals surface area contributed by atoms with Gasteiger partial charge in [0.25, 0.3) is 0 Å². The lowest BCUT2D eigenvalue weighted by Crippen LogP contribution is -2.25. The summed E-state index contributed by atoms with van der Waals surface area (Å²) >= 11 is 4.86. The molecule has 0 N–H and O–H groups in total. The number of thiocarbonyl (C=S) groups is 1. The second kappa shape index (κ2) is 5.14. The quantitative estimate of drug-likeness (QED) is 0.626. The standard InChI is InChI=1S/C9H17NOS/c1-6-9(11-8(3)12)7(2)10(4)5/h9H,2,6H2,1,3-5H3. The van der Waals surface area contributed by atoms with Gasteiger partial charge in [-0.25, -0.2) is 0 Å². The molecule has 0 aromatic carbocycles. The van der Waals surface area contributed by atoms with Crippen molar-refractivity contribution in [2.45, 2.75) is 26.4 Å². The van der Waals surface area contributed by atoms with E-state index in [4.69, 9.17) is 17.0 Å². The molecule has 0 aliphatic heterocycles. The largest absolute Gasteiger partial charge is 0.478 e. The van der Waals surface area contributed by atoms with Crippen molar-refractivity contribution < 1.29 is 4.74 Å². The first-order valence-electron chi connectivity index (χ1n) is 4.02. The van der Waals surface area contributed by atoms with E-state index in [1.54, 1.807) is 6.92 Å². The summed E-state index contributed by atoms with van der Waals surface area (Å²) in [6, 6.07) is 0. The van der Waals surface area contributed by atoms with Gasteiger partial charge in [0, 0.05) is 26.7 Å². The topological polar surface area (TPSA) is 12.5 Å². The maximum Gasteiger partial charge on any atom is 0.157 e. The van der Waals surface area contributed by atoms with Gasteiger partial charge in [-0.05, 0) is 18.6 Å². The molecule has 0 rings (SSSR count). The van der Waals surface area contributed by atoms with Gasteiger partial charge in [0.05, 0.1) is 0 Å². The molecule has 0 aromatic heterocycles. The lowest BCUT2D eigenvalue weighted by Gasteiger charge is -2.24. The summed E-state index contributed by atoms with van der Waals surface area (Å²) in [7, 11) is 3.90. The Morgan fingerprint density at radius 3 is 2.33 bits per heavy atom. The van der Waals surface area contributed by atoms with Gasteiger partial charge >= 0.3 is 0 Å². The summed E-state index contributed by atoms with van der Waals surface area (Å²) in [5.74, 6) is 0. The number of nitrogens with zero attached hydrogens (tertiary/aromatic N) is 1. The molecular formula is C9H17NOS. The maximum atomic E-state index is 5.41. The van der Waals surface area contributed by atoms with Gasteiger partial charge in [0.15, 0.2) is 5.05 Å². The highest BCUT2D eigenvalue weighted by Crippen LogP contribution is 2.11. The van der Waals surface area contributed by atoms with Crippen LogP contribution in [0.3, 0.4) is 0 Å². The zero-order chi connectivity index (χ0) is 9.72. The highest BCUT2D eigenvalue weighted by Gasteiger charge is 2.13. The zero-order valence-electron chi connectivity index (χ0n) is 8.26. The monoisotopic (exact) mass is 187 g/mol. The molecule has 0 bridgehead atoms. The average Bonchev–Trinajstić information content (AvgIpc) is 1.98. The smallest absolute Gasteiger partial charge is 0.157 e. The molecule has 0 heterocycles. The van der Waals surface area contributed by atoms with Gasteiger partial charge in [-0.3, -0.25) is 0 Å². The van der Waals surface area contributed by atoms with Crippen molar-refractivity contribution in [1.29, 1.82) is 0 Å². The molecule has 0 amide bonds. The minimum atomic E-state index is 0.0255. The normalized spacial score (nSPS) is 12.0. The van der Waals surface area contributed by atoms with Crippen molar-refractivity contribution in [1.82, 2.24) is 4.90 Å². The predicted octanol–water partition coefficient (Wildman–Crippen LogP) is 2.20. The van der Waals surface area contributed by atoms with Crippen LogP contribution in [-0.4, -0.2) is 30.1 Å². The van der Waals surface area contributed by atoms with Gasteiger partial charge in [-0.15, -0.1) is 0 Å². The van der Waals surface area contributed by atoms with Crippen LogP contribution in [-0.2, 0) is 4.74 Å². The van der Waals surface area contributed by atoms with Crippen LogP contribution in [0.5, 0.6) is 0 Å². The van der Waals surface area contributed by atoms with Gasteiger partial charge < -0.3 is 9.64 Å². The van der Waals surface area contributed by atoms with Crippen molar-refractivity contribution in [3.63, 3.8) is 0 Å². The minimum Gasteiger partial charge on any atom is -0.478 e. The molecule has 1 atom stereocenters. The van der Waals surface area contributed by atoms with Gasteiger partial charge in [0.1, 0.15) is 6.10 Å². The molecule has 2 nitrogen and oxygen atoms in total. The molecule has 70 valence electrons. The van der Waals surface area contributed by atoms with Crippen LogP contribution in [0.25, 0.3) is 0 Å². The maximum absolute atomic E-state index is 5.41. The fraction of sp³-hybridized carbons (Fsp3) is 0.667. The molecule has 0 fully saturated rings. The first kappa shape index (κ1) is 11.4. The van der Waals surface area contributed by atoms with Crippen LogP contribution in [0.15, 0.2) is 12.3 Å². The van der Waals surface area contributed by atoms with Crippen LogP contribution in [0.1, 0.15) is 20.3 Å². The Morgan fingerprint density at radius 1 is 1.58 bits per heavy atom. The third-order valence-electron chi connectivity index (χ3n) is 1.63. The van der Waals surface area contributed by atoms with Gasteiger partial charge in [0.2, 0.25) is 0 Å². The lowest BCUT2D eigenvalue weighted by atomic mass is 10.2. The second-order valence-electron chi connectivity index (χ2n) is 2.89. The van der Waals surface area contributed by atoms with Crippen LogP contribution in [0, 0.1) is 0 Å². The van der Waals surface area contributed by atoms with Crippen molar-refractivity contribution in [2.75, 3.05) is 14.1 Å². The molecule has 0 aliphatic carbocycles. The summed E-state index contributed by atoms with van der Waals surface area (Å²) in [4.78, 5) is 1.95. The Morgan fingerprint density at radius 2 is 2.08 bits per heavy atom. The molecule has 0 saturated carbocycles. The number of likely N-dealkylation sites (N-methyl/N-ethyl adjacent to an activating group) is 1. The van der Waals surface area contributed by atoms with Crippen molar-refractivity contribution in [3.05, 3.63) is 12.3 Å². The fourth-order valence-corrected chi connectivity index (χ4v) is 0.991. The number of hydrogen-bond donors (Lipinski definition) is 0. The van der Waals surface area contributed by atoms with Crippen molar-refractivity contribution in [2.24, 2.45) is 0 Å². The highest BCUT2D eigenvalue weighted by molar-refractivity contribution is 7.80. The minimum absolute atomic E-state index is 0.0255. The average molecular weight is 187 g/mol. The van der Waals surface area contributed by atoms with Crippen LogP contribution >= 0.6 is 12.2 Å². The summed E-state index contributed by atoms with van der Waals surface area (Å²) in [6.45, 7) is 7.75. The third kappa shape index (κ3) is 3.72. The Hall–Kier alpha value is -0.570. The summed E-state index contributed by atoms with van der Waals surface area (Å²) < 4.78 is 5.41. The van der Waals surface area contributed by atoms with E-state index < -0.39 is 0 Å². The molecule has 0 saturated heterocycles. The number of ether oxygens (including phenoxy) is 1. The molecule has 0 radical (unpaired) electrons.